The van der Waals surface area contributed by atoms with Crippen LogP contribution in [0.1, 0.15) is 5.56 Å². The molecule has 4 nitrogen and oxygen atoms in total. The highest BCUT2D eigenvalue weighted by atomic mass is 127. The van der Waals surface area contributed by atoms with E-state index in [1.165, 1.54) is 6.07 Å². The Morgan fingerprint density at radius 3 is 2.70 bits per heavy atom. The summed E-state index contributed by atoms with van der Waals surface area (Å²) in [7, 11) is 0. The van der Waals surface area contributed by atoms with Crippen molar-refractivity contribution in [3.05, 3.63) is 68.1 Å². The van der Waals surface area contributed by atoms with Crippen molar-refractivity contribution in [2.24, 2.45) is 0 Å². The summed E-state index contributed by atoms with van der Waals surface area (Å²) in [6, 6.07) is 14.9. The molecule has 3 rings (SSSR count). The number of halogens is 1. The molecule has 0 saturated heterocycles. The molecule has 0 aliphatic rings. The highest BCUT2D eigenvalue weighted by Gasteiger charge is 2.06. The Morgan fingerprint density at radius 1 is 1.13 bits per heavy atom. The summed E-state index contributed by atoms with van der Waals surface area (Å²) >= 11 is 7.58. The fourth-order valence-corrected chi connectivity index (χ4v) is 3.00. The fourth-order valence-electron chi connectivity index (χ4n) is 2.25. The Morgan fingerprint density at radius 2 is 1.91 bits per heavy atom. The molecule has 0 aliphatic heterocycles. The van der Waals surface area contributed by atoms with E-state index in [1.807, 2.05) is 43.3 Å². The lowest BCUT2D eigenvalue weighted by atomic mass is 10.1. The first-order valence-electron chi connectivity index (χ1n) is 6.90. The largest absolute Gasteiger partial charge is 0.423 e. The fraction of sp³-hybridized carbons (Fsp3) is 0.0588. The summed E-state index contributed by atoms with van der Waals surface area (Å²) in [5, 5.41) is 7.64. The molecule has 116 valence electrons. The van der Waals surface area contributed by atoms with Gasteiger partial charge in [0.15, 0.2) is 5.11 Å². The molecule has 0 saturated carbocycles. The molecule has 0 aliphatic carbocycles. The van der Waals surface area contributed by atoms with Crippen molar-refractivity contribution in [1.29, 1.82) is 0 Å². The minimum absolute atomic E-state index is 0.355. The smallest absolute Gasteiger partial charge is 0.336 e. The Hall–Kier alpha value is -1.93. The molecule has 3 aromatic rings. The van der Waals surface area contributed by atoms with Gasteiger partial charge in [-0.1, -0.05) is 12.1 Å². The van der Waals surface area contributed by atoms with E-state index in [2.05, 4.69) is 33.2 Å². The van der Waals surface area contributed by atoms with Gasteiger partial charge in [0.2, 0.25) is 0 Å². The quantitative estimate of drug-likeness (QED) is 0.352. The van der Waals surface area contributed by atoms with Crippen molar-refractivity contribution in [3.63, 3.8) is 0 Å². The first-order valence-corrected chi connectivity index (χ1v) is 8.39. The monoisotopic (exact) mass is 436 g/mol. The molecule has 0 radical (unpaired) electrons. The highest BCUT2D eigenvalue weighted by Crippen LogP contribution is 2.21. The van der Waals surface area contributed by atoms with E-state index in [9.17, 15) is 4.79 Å². The number of anilines is 2. The van der Waals surface area contributed by atoms with Crippen LogP contribution in [0.2, 0.25) is 0 Å². The Bertz CT molecular complexity index is 953. The second kappa shape index (κ2) is 6.67. The number of para-hydroxylation sites is 1. The summed E-state index contributed by atoms with van der Waals surface area (Å²) in [5.41, 5.74) is 2.77. The van der Waals surface area contributed by atoms with Crippen LogP contribution < -0.4 is 16.3 Å². The van der Waals surface area contributed by atoms with Crippen LogP contribution in [-0.4, -0.2) is 5.11 Å². The number of aryl methyl sites for hydroxylation is 1. The van der Waals surface area contributed by atoms with E-state index >= 15 is 0 Å². The minimum Gasteiger partial charge on any atom is -0.423 e. The van der Waals surface area contributed by atoms with Crippen LogP contribution in [0.4, 0.5) is 11.4 Å². The van der Waals surface area contributed by atoms with Gasteiger partial charge >= 0.3 is 5.63 Å². The van der Waals surface area contributed by atoms with Gasteiger partial charge in [-0.25, -0.2) is 4.79 Å². The molecule has 0 fully saturated rings. The van der Waals surface area contributed by atoms with Crippen molar-refractivity contribution in [3.8, 4) is 0 Å². The maximum Gasteiger partial charge on any atom is 0.336 e. The first-order chi connectivity index (χ1) is 11.0. The molecule has 0 unspecified atom stereocenters. The van der Waals surface area contributed by atoms with E-state index in [0.717, 1.165) is 25.9 Å². The number of thiocarbonyl (C=S) groups is 1. The Labute approximate surface area is 152 Å². The molecular weight excluding hydrogens is 423 g/mol. The summed E-state index contributed by atoms with van der Waals surface area (Å²) in [6.45, 7) is 1.88. The van der Waals surface area contributed by atoms with Gasteiger partial charge in [-0.2, -0.15) is 0 Å². The molecule has 2 aromatic carbocycles. The summed E-state index contributed by atoms with van der Waals surface area (Å²) in [4.78, 5) is 11.5. The number of nitrogens with one attached hydrogen (secondary N) is 2. The highest BCUT2D eigenvalue weighted by molar-refractivity contribution is 14.1. The lowest BCUT2D eigenvalue weighted by Crippen LogP contribution is -2.19. The second-order valence-electron chi connectivity index (χ2n) is 5.02. The number of hydrogen-bond acceptors (Lipinski definition) is 3. The third-order valence-corrected chi connectivity index (χ3v) is 4.48. The molecule has 0 atom stereocenters. The first kappa shape index (κ1) is 15.9. The van der Waals surface area contributed by atoms with Crippen LogP contribution in [-0.2, 0) is 0 Å². The molecule has 1 aromatic heterocycles. The second-order valence-corrected chi connectivity index (χ2v) is 6.59. The van der Waals surface area contributed by atoms with E-state index in [1.54, 1.807) is 6.07 Å². The molecule has 1 heterocycles. The third-order valence-electron chi connectivity index (χ3n) is 3.33. The van der Waals surface area contributed by atoms with Crippen LogP contribution in [0, 0.1) is 10.5 Å². The number of rotatable bonds is 2. The zero-order chi connectivity index (χ0) is 16.4. The minimum atomic E-state index is -0.355. The van der Waals surface area contributed by atoms with Crippen LogP contribution >= 0.6 is 34.8 Å². The van der Waals surface area contributed by atoms with Crippen LogP contribution in [0.3, 0.4) is 0 Å². The zero-order valence-electron chi connectivity index (χ0n) is 12.2. The summed E-state index contributed by atoms with van der Waals surface area (Å²) < 4.78 is 6.32. The molecule has 23 heavy (non-hydrogen) atoms. The Balaban J connectivity index is 1.83. The SMILES string of the molecule is Cc1cc(=O)oc2cc(NC(=S)Nc3ccccc3I)ccc12. The molecule has 2 N–H and O–H groups in total. The van der Waals surface area contributed by atoms with Crippen LogP contribution in [0.5, 0.6) is 0 Å². The molecule has 6 heteroatoms. The maximum atomic E-state index is 11.5. The van der Waals surface area contributed by atoms with Crippen molar-refractivity contribution in [2.75, 3.05) is 10.6 Å². The average molecular weight is 436 g/mol. The number of benzene rings is 2. The van der Waals surface area contributed by atoms with Gasteiger partial charge in [0, 0.05) is 26.8 Å². The molecule has 0 amide bonds. The summed E-state index contributed by atoms with van der Waals surface area (Å²) in [6.07, 6.45) is 0. The van der Waals surface area contributed by atoms with Crippen LogP contribution in [0.15, 0.2) is 57.7 Å². The molecule has 0 bridgehead atoms. The van der Waals surface area contributed by atoms with Crippen molar-refractivity contribution in [1.82, 2.24) is 0 Å². The zero-order valence-corrected chi connectivity index (χ0v) is 15.2. The third kappa shape index (κ3) is 3.70. The lowest BCUT2D eigenvalue weighted by molar-refractivity contribution is 0.560. The topological polar surface area (TPSA) is 54.3 Å². The van der Waals surface area contributed by atoms with Crippen LogP contribution in [0.25, 0.3) is 11.0 Å². The number of fused-ring (bicyclic) bond motifs is 1. The van der Waals surface area contributed by atoms with Gasteiger partial charge < -0.3 is 15.1 Å². The average Bonchev–Trinajstić information content (AvgIpc) is 2.49. The predicted octanol–water partition coefficient (Wildman–Crippen LogP) is 4.51. The predicted molar refractivity (Wildman–Crippen MR) is 106 cm³/mol. The van der Waals surface area contributed by atoms with E-state index in [-0.39, 0.29) is 5.63 Å². The van der Waals surface area contributed by atoms with Gasteiger partial charge in [-0.15, -0.1) is 0 Å². The molecular formula is C17H13IN2O2S. The normalized spacial score (nSPS) is 10.5. The van der Waals surface area contributed by atoms with Gasteiger partial charge in [0.1, 0.15) is 5.58 Å². The standard InChI is InChI=1S/C17H13IN2O2S/c1-10-8-16(21)22-15-9-11(6-7-12(10)15)19-17(23)20-14-5-3-2-4-13(14)18/h2-9H,1H3,(H2,19,20,23). The van der Waals surface area contributed by atoms with Gasteiger partial charge in [-0.3, -0.25) is 0 Å². The molecule has 0 spiro atoms. The van der Waals surface area contributed by atoms with Gasteiger partial charge in [0.05, 0.1) is 5.69 Å². The van der Waals surface area contributed by atoms with Gasteiger partial charge in [0.25, 0.3) is 0 Å². The van der Waals surface area contributed by atoms with Crippen molar-refractivity contribution < 1.29 is 4.42 Å². The van der Waals surface area contributed by atoms with Gasteiger partial charge in [-0.05, 0) is 71.6 Å². The van der Waals surface area contributed by atoms with E-state index < -0.39 is 0 Å². The van der Waals surface area contributed by atoms with Crippen molar-refractivity contribution in [2.45, 2.75) is 6.92 Å². The number of hydrogen-bond donors (Lipinski definition) is 2. The lowest BCUT2D eigenvalue weighted by Gasteiger charge is -2.12. The van der Waals surface area contributed by atoms with Crippen molar-refractivity contribution >= 4 is 62.3 Å². The summed E-state index contributed by atoms with van der Waals surface area (Å²) in [5.74, 6) is 0. The van der Waals surface area contributed by atoms with E-state index in [0.29, 0.717) is 10.7 Å². The van der Waals surface area contributed by atoms with E-state index in [4.69, 9.17) is 16.6 Å². The Kier molecular flexibility index (Phi) is 4.63. The maximum absolute atomic E-state index is 11.5.